The summed E-state index contributed by atoms with van der Waals surface area (Å²) in [4.78, 5) is 40.6. The maximum atomic E-state index is 13.0. The third-order valence-electron chi connectivity index (χ3n) is 6.79. The lowest BCUT2D eigenvalue weighted by Crippen LogP contribution is -2.52. The van der Waals surface area contributed by atoms with Gasteiger partial charge in [0.1, 0.15) is 6.04 Å². The zero-order chi connectivity index (χ0) is 19.3. The van der Waals surface area contributed by atoms with Gasteiger partial charge in [-0.05, 0) is 61.5 Å². The number of carbonyl (C=O) groups excluding carboxylic acids is 3. The van der Waals surface area contributed by atoms with E-state index in [4.69, 9.17) is 0 Å². The van der Waals surface area contributed by atoms with Gasteiger partial charge in [-0.1, -0.05) is 12.1 Å². The predicted molar refractivity (Wildman–Crippen MR) is 102 cm³/mol. The van der Waals surface area contributed by atoms with Crippen LogP contribution in [-0.4, -0.2) is 59.7 Å². The van der Waals surface area contributed by atoms with Crippen LogP contribution in [0.25, 0.3) is 0 Å². The van der Waals surface area contributed by atoms with Gasteiger partial charge in [0.25, 0.3) is 5.91 Å². The van der Waals surface area contributed by atoms with Crippen LogP contribution in [0.5, 0.6) is 0 Å². The van der Waals surface area contributed by atoms with Crippen molar-refractivity contribution in [3.05, 3.63) is 34.9 Å². The first-order valence-corrected chi connectivity index (χ1v) is 10.3. The number of benzene rings is 1. The van der Waals surface area contributed by atoms with E-state index in [1.54, 1.807) is 4.90 Å². The lowest BCUT2D eigenvalue weighted by Gasteiger charge is -2.34. The van der Waals surface area contributed by atoms with Crippen molar-refractivity contribution in [3.8, 4) is 0 Å². The highest BCUT2D eigenvalue weighted by molar-refractivity contribution is 6.05. The normalized spacial score (nSPS) is 30.4. The molecular formula is C21H26N4O3. The van der Waals surface area contributed by atoms with E-state index < -0.39 is 6.04 Å². The highest BCUT2D eigenvalue weighted by Crippen LogP contribution is 2.30. The maximum absolute atomic E-state index is 13.0. The average Bonchev–Trinajstić information content (AvgIpc) is 3.26. The Kier molecular flexibility index (Phi) is 4.44. The van der Waals surface area contributed by atoms with Gasteiger partial charge in [0.2, 0.25) is 11.8 Å². The van der Waals surface area contributed by atoms with Gasteiger partial charge in [0, 0.05) is 31.6 Å². The number of nitrogens with zero attached hydrogens (tertiary/aromatic N) is 2. The number of hydrogen-bond acceptors (Lipinski definition) is 5. The fourth-order valence-electron chi connectivity index (χ4n) is 5.21. The second kappa shape index (κ2) is 6.97. The summed E-state index contributed by atoms with van der Waals surface area (Å²) in [6, 6.07) is 5.59. The van der Waals surface area contributed by atoms with Gasteiger partial charge in [-0.2, -0.15) is 0 Å². The van der Waals surface area contributed by atoms with Crippen molar-refractivity contribution in [2.45, 2.75) is 38.4 Å². The number of carbonyl (C=O) groups is 3. The lowest BCUT2D eigenvalue weighted by atomic mass is 9.88. The van der Waals surface area contributed by atoms with E-state index in [0.717, 1.165) is 55.7 Å². The molecule has 1 aromatic carbocycles. The smallest absolute Gasteiger partial charge is 0.255 e. The van der Waals surface area contributed by atoms with Gasteiger partial charge in [0.05, 0.1) is 0 Å². The Labute approximate surface area is 164 Å². The molecule has 5 rings (SSSR count). The van der Waals surface area contributed by atoms with Crippen molar-refractivity contribution in [1.82, 2.24) is 20.4 Å². The SMILES string of the molecule is O=C1CCC(N2Cc3ccc(CN4CC[C@H]5CNC[C@H]5C4)cc3C2=O)C(=O)N1. The molecule has 148 valence electrons. The highest BCUT2D eigenvalue weighted by atomic mass is 16.2. The fraction of sp³-hybridized carbons (Fsp3) is 0.571. The number of imide groups is 1. The second-order valence-corrected chi connectivity index (χ2v) is 8.59. The number of likely N-dealkylation sites (tertiary alicyclic amines) is 1. The van der Waals surface area contributed by atoms with Crippen LogP contribution in [-0.2, 0) is 22.7 Å². The molecule has 4 aliphatic rings. The second-order valence-electron chi connectivity index (χ2n) is 8.59. The summed E-state index contributed by atoms with van der Waals surface area (Å²) in [5, 5.41) is 5.85. The van der Waals surface area contributed by atoms with E-state index in [0.29, 0.717) is 18.5 Å². The van der Waals surface area contributed by atoms with Gasteiger partial charge in [-0.25, -0.2) is 0 Å². The standard InChI is InChI=1S/C21H26N4O3/c26-19-4-3-18(20(27)23-19)25-12-15-2-1-13(7-17(15)21(25)28)10-24-6-5-14-8-22-9-16(14)11-24/h1-2,7,14,16,18,22H,3-6,8-12H2,(H,23,26,27)/t14-,16-,18?/m0/s1. The van der Waals surface area contributed by atoms with Crippen molar-refractivity contribution in [3.63, 3.8) is 0 Å². The molecule has 0 radical (unpaired) electrons. The molecule has 3 atom stereocenters. The van der Waals surface area contributed by atoms with Crippen LogP contribution in [0.4, 0.5) is 0 Å². The molecule has 4 heterocycles. The molecule has 3 saturated heterocycles. The summed E-state index contributed by atoms with van der Waals surface area (Å²) in [5.74, 6) is 0.859. The third kappa shape index (κ3) is 3.12. The van der Waals surface area contributed by atoms with E-state index in [1.165, 1.54) is 6.42 Å². The molecule has 28 heavy (non-hydrogen) atoms. The van der Waals surface area contributed by atoms with Crippen LogP contribution in [0.3, 0.4) is 0 Å². The van der Waals surface area contributed by atoms with Crippen LogP contribution in [0.15, 0.2) is 18.2 Å². The summed E-state index contributed by atoms with van der Waals surface area (Å²) in [6.45, 7) is 5.80. The Hall–Kier alpha value is -2.25. The molecule has 0 aliphatic carbocycles. The number of fused-ring (bicyclic) bond motifs is 2. The molecule has 1 aromatic rings. The quantitative estimate of drug-likeness (QED) is 0.744. The molecule has 3 amide bonds. The number of hydrogen-bond donors (Lipinski definition) is 2. The minimum atomic E-state index is -0.546. The van der Waals surface area contributed by atoms with Crippen LogP contribution < -0.4 is 10.6 Å². The monoisotopic (exact) mass is 382 g/mol. The molecule has 0 saturated carbocycles. The Morgan fingerprint density at radius 2 is 1.93 bits per heavy atom. The first-order chi connectivity index (χ1) is 13.6. The summed E-state index contributed by atoms with van der Waals surface area (Å²) >= 11 is 0. The van der Waals surface area contributed by atoms with Gasteiger partial charge < -0.3 is 10.2 Å². The first kappa shape index (κ1) is 17.8. The minimum absolute atomic E-state index is 0.0925. The van der Waals surface area contributed by atoms with Crippen LogP contribution >= 0.6 is 0 Å². The predicted octanol–water partition coefficient (Wildman–Crippen LogP) is 0.489. The van der Waals surface area contributed by atoms with E-state index in [2.05, 4.69) is 21.6 Å². The Morgan fingerprint density at radius 1 is 1.07 bits per heavy atom. The largest absolute Gasteiger partial charge is 0.322 e. The number of rotatable bonds is 3. The number of piperidine rings is 2. The van der Waals surface area contributed by atoms with E-state index in [-0.39, 0.29) is 24.1 Å². The highest BCUT2D eigenvalue weighted by Gasteiger charge is 2.39. The van der Waals surface area contributed by atoms with E-state index in [1.807, 2.05) is 12.1 Å². The molecule has 7 heteroatoms. The molecule has 3 fully saturated rings. The zero-order valence-corrected chi connectivity index (χ0v) is 15.9. The third-order valence-corrected chi connectivity index (χ3v) is 6.79. The Balaban J connectivity index is 1.28. The van der Waals surface area contributed by atoms with Gasteiger partial charge in [-0.15, -0.1) is 0 Å². The van der Waals surface area contributed by atoms with Crippen molar-refractivity contribution in [2.75, 3.05) is 26.2 Å². The van der Waals surface area contributed by atoms with Crippen LogP contribution in [0, 0.1) is 11.8 Å². The van der Waals surface area contributed by atoms with Crippen molar-refractivity contribution >= 4 is 17.7 Å². The molecule has 7 nitrogen and oxygen atoms in total. The lowest BCUT2D eigenvalue weighted by molar-refractivity contribution is -0.136. The van der Waals surface area contributed by atoms with Crippen molar-refractivity contribution in [2.24, 2.45) is 11.8 Å². The van der Waals surface area contributed by atoms with E-state index in [9.17, 15) is 14.4 Å². The molecule has 0 aromatic heterocycles. The molecule has 1 unspecified atom stereocenters. The van der Waals surface area contributed by atoms with Gasteiger partial charge in [0.15, 0.2) is 0 Å². The summed E-state index contributed by atoms with van der Waals surface area (Å²) in [6.07, 6.45) is 1.93. The molecular weight excluding hydrogens is 356 g/mol. The maximum Gasteiger partial charge on any atom is 0.255 e. The molecule has 0 bridgehead atoms. The van der Waals surface area contributed by atoms with Gasteiger partial charge in [-0.3, -0.25) is 24.6 Å². The number of nitrogens with one attached hydrogen (secondary N) is 2. The fourth-order valence-corrected chi connectivity index (χ4v) is 5.21. The molecule has 0 spiro atoms. The van der Waals surface area contributed by atoms with Crippen LogP contribution in [0.2, 0.25) is 0 Å². The minimum Gasteiger partial charge on any atom is -0.322 e. The summed E-state index contributed by atoms with van der Waals surface area (Å²) in [7, 11) is 0. The van der Waals surface area contributed by atoms with E-state index >= 15 is 0 Å². The molecule has 2 N–H and O–H groups in total. The summed E-state index contributed by atoms with van der Waals surface area (Å²) in [5.41, 5.74) is 2.83. The number of amides is 3. The van der Waals surface area contributed by atoms with Crippen LogP contribution in [0.1, 0.15) is 40.7 Å². The average molecular weight is 382 g/mol. The zero-order valence-electron chi connectivity index (χ0n) is 15.9. The Bertz CT molecular complexity index is 839. The van der Waals surface area contributed by atoms with Crippen molar-refractivity contribution in [1.29, 1.82) is 0 Å². The molecule has 4 aliphatic heterocycles. The Morgan fingerprint density at radius 3 is 2.79 bits per heavy atom. The summed E-state index contributed by atoms with van der Waals surface area (Å²) < 4.78 is 0. The van der Waals surface area contributed by atoms with Gasteiger partial charge >= 0.3 is 0 Å². The van der Waals surface area contributed by atoms with Crippen molar-refractivity contribution < 1.29 is 14.4 Å². The topological polar surface area (TPSA) is 81.8 Å². The first-order valence-electron chi connectivity index (χ1n) is 10.3.